The minimum Gasteiger partial charge on any atom is -0.351 e. The van der Waals surface area contributed by atoms with Gasteiger partial charge >= 0.3 is 0 Å². The summed E-state index contributed by atoms with van der Waals surface area (Å²) in [7, 11) is 0. The molecule has 1 heterocycles. The number of carbonyl (C=O) groups is 1. The van der Waals surface area contributed by atoms with Gasteiger partial charge in [-0.25, -0.2) is 4.68 Å². The Morgan fingerprint density at radius 2 is 2.10 bits per heavy atom. The SMILES string of the molecule is O=C(/C=C/c1ccccc1Cl)NCCn1ncccc1=O. The zero-order valence-electron chi connectivity index (χ0n) is 11.2. The van der Waals surface area contributed by atoms with Crippen LogP contribution in [0.5, 0.6) is 0 Å². The lowest BCUT2D eigenvalue weighted by Crippen LogP contribution is -2.30. The monoisotopic (exact) mass is 303 g/mol. The van der Waals surface area contributed by atoms with Gasteiger partial charge in [-0.3, -0.25) is 9.59 Å². The van der Waals surface area contributed by atoms with Gasteiger partial charge < -0.3 is 5.32 Å². The summed E-state index contributed by atoms with van der Waals surface area (Å²) >= 11 is 5.98. The van der Waals surface area contributed by atoms with Crippen LogP contribution in [0.2, 0.25) is 5.02 Å². The Kier molecular flexibility index (Phi) is 5.29. The number of aromatic nitrogens is 2. The van der Waals surface area contributed by atoms with Gasteiger partial charge in [0.2, 0.25) is 5.91 Å². The van der Waals surface area contributed by atoms with Gasteiger partial charge in [0.05, 0.1) is 6.54 Å². The summed E-state index contributed by atoms with van der Waals surface area (Å²) in [5.74, 6) is -0.251. The van der Waals surface area contributed by atoms with E-state index in [-0.39, 0.29) is 11.5 Å². The zero-order valence-corrected chi connectivity index (χ0v) is 12.0. The third-order valence-corrected chi connectivity index (χ3v) is 3.07. The molecule has 0 unspecified atom stereocenters. The van der Waals surface area contributed by atoms with Crippen molar-refractivity contribution in [2.45, 2.75) is 6.54 Å². The molecule has 6 heteroatoms. The second kappa shape index (κ2) is 7.40. The van der Waals surface area contributed by atoms with Gasteiger partial charge in [0.15, 0.2) is 0 Å². The van der Waals surface area contributed by atoms with Crippen LogP contribution in [0.25, 0.3) is 6.08 Å². The van der Waals surface area contributed by atoms with E-state index in [2.05, 4.69) is 10.4 Å². The van der Waals surface area contributed by atoms with Crippen molar-refractivity contribution in [1.29, 1.82) is 0 Å². The van der Waals surface area contributed by atoms with Crippen molar-refractivity contribution in [3.8, 4) is 0 Å². The van der Waals surface area contributed by atoms with Crippen molar-refractivity contribution in [2.75, 3.05) is 6.54 Å². The predicted molar refractivity (Wildman–Crippen MR) is 82.0 cm³/mol. The Balaban J connectivity index is 1.84. The van der Waals surface area contributed by atoms with E-state index in [0.29, 0.717) is 18.1 Å². The van der Waals surface area contributed by atoms with Crippen LogP contribution in [0.1, 0.15) is 5.56 Å². The molecular formula is C15H14ClN3O2. The van der Waals surface area contributed by atoms with Crippen LogP contribution >= 0.6 is 11.6 Å². The third-order valence-electron chi connectivity index (χ3n) is 2.73. The Morgan fingerprint density at radius 1 is 1.29 bits per heavy atom. The molecule has 0 saturated heterocycles. The van der Waals surface area contributed by atoms with Crippen LogP contribution in [0.15, 0.2) is 53.5 Å². The van der Waals surface area contributed by atoms with Crippen LogP contribution in [0.4, 0.5) is 0 Å². The third kappa shape index (κ3) is 4.57. The molecule has 0 spiro atoms. The lowest BCUT2D eigenvalue weighted by Gasteiger charge is -2.04. The first-order valence-electron chi connectivity index (χ1n) is 6.39. The molecule has 0 atom stereocenters. The molecule has 2 aromatic rings. The lowest BCUT2D eigenvalue weighted by atomic mass is 10.2. The van der Waals surface area contributed by atoms with Gasteiger partial charge in [-0.1, -0.05) is 29.8 Å². The van der Waals surface area contributed by atoms with Crippen molar-refractivity contribution in [2.24, 2.45) is 0 Å². The number of carbonyl (C=O) groups excluding carboxylic acids is 1. The molecule has 0 bridgehead atoms. The molecule has 0 aliphatic carbocycles. The summed E-state index contributed by atoms with van der Waals surface area (Å²) in [6.07, 6.45) is 4.58. The first-order chi connectivity index (χ1) is 10.2. The maximum absolute atomic E-state index is 11.7. The molecule has 5 nitrogen and oxygen atoms in total. The largest absolute Gasteiger partial charge is 0.351 e. The molecule has 0 radical (unpaired) electrons. The maximum atomic E-state index is 11.7. The van der Waals surface area contributed by atoms with Crippen LogP contribution in [-0.4, -0.2) is 22.2 Å². The van der Waals surface area contributed by atoms with Crippen molar-refractivity contribution >= 4 is 23.6 Å². The van der Waals surface area contributed by atoms with Crippen molar-refractivity contribution in [3.05, 3.63) is 69.6 Å². The first kappa shape index (κ1) is 15.0. The molecule has 0 saturated carbocycles. The summed E-state index contributed by atoms with van der Waals surface area (Å²) < 4.78 is 1.29. The fraction of sp³-hybridized carbons (Fsp3) is 0.133. The highest BCUT2D eigenvalue weighted by molar-refractivity contribution is 6.32. The van der Waals surface area contributed by atoms with Gasteiger partial charge in [0.25, 0.3) is 5.56 Å². The molecule has 0 aliphatic rings. The van der Waals surface area contributed by atoms with Gasteiger partial charge in [-0.05, 0) is 23.8 Å². The van der Waals surface area contributed by atoms with E-state index in [9.17, 15) is 9.59 Å². The Hall–Kier alpha value is -2.40. The Morgan fingerprint density at radius 3 is 2.86 bits per heavy atom. The number of amides is 1. The van der Waals surface area contributed by atoms with Crippen LogP contribution in [-0.2, 0) is 11.3 Å². The highest BCUT2D eigenvalue weighted by Gasteiger charge is 1.99. The lowest BCUT2D eigenvalue weighted by molar-refractivity contribution is -0.116. The van der Waals surface area contributed by atoms with E-state index < -0.39 is 0 Å². The molecule has 108 valence electrons. The van der Waals surface area contributed by atoms with Crippen LogP contribution < -0.4 is 10.9 Å². The smallest absolute Gasteiger partial charge is 0.266 e. The summed E-state index contributed by atoms with van der Waals surface area (Å²) in [4.78, 5) is 23.1. The second-order valence-corrected chi connectivity index (χ2v) is 4.64. The maximum Gasteiger partial charge on any atom is 0.266 e. The molecule has 0 fully saturated rings. The molecule has 2 rings (SSSR count). The van der Waals surface area contributed by atoms with Gasteiger partial charge in [0.1, 0.15) is 0 Å². The predicted octanol–water partition coefficient (Wildman–Crippen LogP) is 1.73. The van der Waals surface area contributed by atoms with Crippen molar-refractivity contribution in [1.82, 2.24) is 15.1 Å². The van der Waals surface area contributed by atoms with E-state index in [1.54, 1.807) is 18.2 Å². The van der Waals surface area contributed by atoms with Crippen molar-refractivity contribution in [3.63, 3.8) is 0 Å². The fourth-order valence-corrected chi connectivity index (χ4v) is 1.87. The summed E-state index contributed by atoms with van der Waals surface area (Å²) in [6.45, 7) is 0.647. The standard InChI is InChI=1S/C15H14ClN3O2/c16-13-5-2-1-4-12(13)7-8-14(20)17-10-11-19-15(21)6-3-9-18-19/h1-9H,10-11H2,(H,17,20)/b8-7+. The highest BCUT2D eigenvalue weighted by atomic mass is 35.5. The Bertz CT molecular complexity index is 710. The van der Waals surface area contributed by atoms with E-state index >= 15 is 0 Å². The molecule has 1 N–H and O–H groups in total. The van der Waals surface area contributed by atoms with Crippen molar-refractivity contribution < 1.29 is 4.79 Å². The van der Waals surface area contributed by atoms with E-state index in [1.807, 2.05) is 18.2 Å². The van der Waals surface area contributed by atoms with Gasteiger partial charge in [-0.15, -0.1) is 0 Å². The van der Waals surface area contributed by atoms with E-state index in [4.69, 9.17) is 11.6 Å². The van der Waals surface area contributed by atoms with Crippen LogP contribution in [0.3, 0.4) is 0 Å². The average molecular weight is 304 g/mol. The number of rotatable bonds is 5. The minimum atomic E-state index is -0.251. The van der Waals surface area contributed by atoms with Crippen LogP contribution in [0, 0.1) is 0 Å². The number of hydrogen-bond acceptors (Lipinski definition) is 3. The number of benzene rings is 1. The highest BCUT2D eigenvalue weighted by Crippen LogP contribution is 2.15. The fourth-order valence-electron chi connectivity index (χ4n) is 1.67. The first-order valence-corrected chi connectivity index (χ1v) is 6.77. The quantitative estimate of drug-likeness (QED) is 0.856. The molecular weight excluding hydrogens is 290 g/mol. The average Bonchev–Trinajstić information content (AvgIpc) is 2.48. The normalized spacial score (nSPS) is 10.7. The van der Waals surface area contributed by atoms with E-state index in [0.717, 1.165) is 5.56 Å². The molecule has 0 aliphatic heterocycles. The number of halogens is 1. The second-order valence-electron chi connectivity index (χ2n) is 4.23. The molecule has 1 aromatic carbocycles. The number of nitrogens with one attached hydrogen (secondary N) is 1. The Labute approximate surface area is 126 Å². The number of hydrogen-bond donors (Lipinski definition) is 1. The molecule has 1 amide bonds. The summed E-state index contributed by atoms with van der Waals surface area (Å²) in [6, 6.07) is 10.2. The van der Waals surface area contributed by atoms with Gasteiger partial charge in [-0.2, -0.15) is 5.10 Å². The topological polar surface area (TPSA) is 64.0 Å². The minimum absolute atomic E-state index is 0.196. The van der Waals surface area contributed by atoms with Gasteiger partial charge in [0, 0.05) is 29.9 Å². The zero-order chi connectivity index (χ0) is 15.1. The molecule has 21 heavy (non-hydrogen) atoms. The number of nitrogens with zero attached hydrogens (tertiary/aromatic N) is 2. The molecule has 1 aromatic heterocycles. The van der Waals surface area contributed by atoms with E-state index in [1.165, 1.54) is 23.0 Å². The summed E-state index contributed by atoms with van der Waals surface area (Å²) in [5, 5.41) is 7.16. The summed E-state index contributed by atoms with van der Waals surface area (Å²) in [5.41, 5.74) is 0.577.